The third-order valence-electron chi connectivity index (χ3n) is 7.19. The molecule has 0 amide bonds. The van der Waals surface area contributed by atoms with E-state index in [0.717, 1.165) is 50.2 Å². The first-order chi connectivity index (χ1) is 20.4. The van der Waals surface area contributed by atoms with E-state index in [1.165, 1.54) is 30.4 Å². The van der Waals surface area contributed by atoms with E-state index in [1.807, 2.05) is 25.1 Å². The Hall–Kier alpha value is -2.81. The molecule has 0 spiro atoms. The Bertz CT molecular complexity index is 1930. The summed E-state index contributed by atoms with van der Waals surface area (Å²) in [5, 5.41) is 0. The Balaban J connectivity index is 1.52. The molecule has 0 N–H and O–H groups in total. The number of halogens is 9. The fourth-order valence-corrected chi connectivity index (χ4v) is 9.05. The van der Waals surface area contributed by atoms with Gasteiger partial charge in [0, 0.05) is 45.3 Å². The second-order valence-corrected chi connectivity index (χ2v) is 14.8. The number of alkyl halides is 9. The van der Waals surface area contributed by atoms with Crippen LogP contribution < -0.4 is 4.78 Å². The number of aryl methyl sites for hydroxylation is 2. The van der Waals surface area contributed by atoms with Crippen LogP contribution in [0.25, 0.3) is 41.1 Å². The molecule has 4 aromatic heterocycles. The van der Waals surface area contributed by atoms with Gasteiger partial charge < -0.3 is 0 Å². The average molecular weight is 687 g/mol. The highest BCUT2D eigenvalue weighted by molar-refractivity contribution is 7.26. The lowest BCUT2D eigenvalue weighted by atomic mass is 9.90. The molecule has 0 saturated heterocycles. The molecule has 14 heteroatoms. The lowest BCUT2D eigenvalue weighted by Crippen LogP contribution is -2.49. The normalized spacial score (nSPS) is 17.5. The van der Waals surface area contributed by atoms with Crippen LogP contribution in [0, 0.1) is 13.8 Å². The van der Waals surface area contributed by atoms with E-state index in [0.29, 0.717) is 21.1 Å². The van der Waals surface area contributed by atoms with Gasteiger partial charge in [0.15, 0.2) is 0 Å². The summed E-state index contributed by atoms with van der Waals surface area (Å²) in [4.78, 5) is 4.03. The van der Waals surface area contributed by atoms with Crippen molar-refractivity contribution in [3.8, 4) is 29.9 Å². The smallest absolute Gasteiger partial charge is 0.194 e. The van der Waals surface area contributed by atoms with Crippen LogP contribution in [0.3, 0.4) is 0 Å². The maximum absolute atomic E-state index is 15.5. The van der Waals surface area contributed by atoms with Crippen molar-refractivity contribution in [2.45, 2.75) is 37.8 Å². The highest BCUT2D eigenvalue weighted by Gasteiger charge is 2.80. The minimum absolute atomic E-state index is 0.0811. The number of rotatable bonds is 5. The zero-order valence-electron chi connectivity index (χ0n) is 22.4. The molecule has 6 rings (SSSR count). The molecule has 1 aliphatic rings. The van der Waals surface area contributed by atoms with Crippen LogP contribution >= 0.6 is 45.3 Å². The zero-order chi connectivity index (χ0) is 32.0. The van der Waals surface area contributed by atoms with Crippen molar-refractivity contribution in [1.82, 2.24) is 0 Å². The quantitative estimate of drug-likeness (QED) is 0.128. The minimum Gasteiger partial charge on any atom is -0.194 e. The Morgan fingerprint density at radius 1 is 0.614 bits per heavy atom. The maximum Gasteiger partial charge on any atom is 0.416 e. The molecule has 0 nitrogen and oxygen atoms in total. The molecule has 5 aromatic rings. The summed E-state index contributed by atoms with van der Waals surface area (Å²) in [6.45, 7) is 3.32. The molecule has 0 fully saturated rings. The summed E-state index contributed by atoms with van der Waals surface area (Å²) >= 11 is 4.43. The largest absolute Gasteiger partial charge is 0.416 e. The molecule has 44 heavy (non-hydrogen) atoms. The molecule has 1 aromatic carbocycles. The van der Waals surface area contributed by atoms with Crippen LogP contribution in [0.4, 0.5) is 39.5 Å². The van der Waals surface area contributed by atoms with Crippen LogP contribution in [0.2, 0.25) is 0 Å². The van der Waals surface area contributed by atoms with Crippen molar-refractivity contribution in [2.75, 3.05) is 0 Å². The SMILES string of the molecule is [B]c1sc(-c2cccc(C(F)(F)F)c2)cc1C1=C(c2cc(-c3ccc(-c4ccc(C)s4)s3)sc2C)C(F)(F)C(F)(F)C1(F)F. The standard InChI is InChI=1S/C30H16BF9S4/c1-13-6-7-19(41-13)20-8-9-21(43-20)23-11-17(14(2)42-23)24-25(28(34,35)30(39,40)27(24,32)33)18-12-22(44-26(18)31)15-4-3-5-16(10-15)29(36,37)38/h3-12H,1-2H3. The van der Waals surface area contributed by atoms with E-state index in [4.69, 9.17) is 7.85 Å². The Kier molecular flexibility index (Phi) is 7.35. The Morgan fingerprint density at radius 3 is 1.80 bits per heavy atom. The fourth-order valence-electron chi connectivity index (χ4n) is 5.05. The van der Waals surface area contributed by atoms with Gasteiger partial charge in [0.1, 0.15) is 7.85 Å². The van der Waals surface area contributed by atoms with Crippen LogP contribution in [0.15, 0.2) is 60.7 Å². The number of thiophene rings is 4. The number of hydrogen-bond acceptors (Lipinski definition) is 4. The summed E-state index contributed by atoms with van der Waals surface area (Å²) in [5.74, 6) is -16.5. The number of allylic oxidation sites excluding steroid dienone is 2. The predicted octanol–water partition coefficient (Wildman–Crippen LogP) is 11.2. The first kappa shape index (κ1) is 31.2. The molecule has 226 valence electrons. The molecule has 0 atom stereocenters. The topological polar surface area (TPSA) is 0 Å². The lowest BCUT2D eigenvalue weighted by molar-refractivity contribution is -0.254. The zero-order valence-corrected chi connectivity index (χ0v) is 25.7. The van der Waals surface area contributed by atoms with Crippen LogP contribution in [0.5, 0.6) is 0 Å². The molecule has 0 aliphatic heterocycles. The predicted molar refractivity (Wildman–Crippen MR) is 162 cm³/mol. The van der Waals surface area contributed by atoms with Gasteiger partial charge >= 0.3 is 23.9 Å². The molecule has 0 unspecified atom stereocenters. The van der Waals surface area contributed by atoms with Gasteiger partial charge in [-0.3, -0.25) is 0 Å². The summed E-state index contributed by atoms with van der Waals surface area (Å²) in [6.07, 6.45) is -4.72. The Morgan fingerprint density at radius 2 is 1.18 bits per heavy atom. The van der Waals surface area contributed by atoms with Gasteiger partial charge in [-0.15, -0.1) is 34.0 Å². The van der Waals surface area contributed by atoms with Gasteiger partial charge in [-0.2, -0.15) is 50.9 Å². The molecular weight excluding hydrogens is 670 g/mol. The van der Waals surface area contributed by atoms with E-state index in [-0.39, 0.29) is 15.3 Å². The van der Waals surface area contributed by atoms with Gasteiger partial charge in [0.05, 0.1) is 5.56 Å². The summed E-state index contributed by atoms with van der Waals surface area (Å²) in [6, 6.07) is 13.4. The highest BCUT2D eigenvalue weighted by atomic mass is 32.1. The average Bonchev–Trinajstić information content (AvgIpc) is 3.74. The third kappa shape index (κ3) is 4.80. The molecule has 1 aliphatic carbocycles. The van der Waals surface area contributed by atoms with Crippen LogP contribution in [-0.2, 0) is 6.18 Å². The first-order valence-electron chi connectivity index (χ1n) is 12.7. The van der Waals surface area contributed by atoms with Crippen molar-refractivity contribution < 1.29 is 39.5 Å². The van der Waals surface area contributed by atoms with E-state index in [9.17, 15) is 22.0 Å². The third-order valence-corrected chi connectivity index (χ3v) is 11.7. The van der Waals surface area contributed by atoms with Gasteiger partial charge in [-0.25, -0.2) is 0 Å². The summed E-state index contributed by atoms with van der Waals surface area (Å²) in [5.41, 5.74) is -5.59. The second kappa shape index (κ2) is 10.4. The van der Waals surface area contributed by atoms with E-state index < -0.39 is 56.6 Å². The van der Waals surface area contributed by atoms with E-state index >= 15 is 17.6 Å². The van der Waals surface area contributed by atoms with E-state index in [1.54, 1.807) is 17.4 Å². The summed E-state index contributed by atoms with van der Waals surface area (Å²) < 4.78 is 131. The van der Waals surface area contributed by atoms with Crippen molar-refractivity contribution in [2.24, 2.45) is 0 Å². The van der Waals surface area contributed by atoms with E-state index in [2.05, 4.69) is 0 Å². The molecule has 2 radical (unpaired) electrons. The van der Waals surface area contributed by atoms with Crippen molar-refractivity contribution in [1.29, 1.82) is 0 Å². The number of benzene rings is 1. The summed E-state index contributed by atoms with van der Waals surface area (Å²) in [7, 11) is 5.96. The molecule has 0 saturated carbocycles. The second-order valence-electron chi connectivity index (χ2n) is 10.1. The molecular formula is C30H16BF9S4. The first-order valence-corrected chi connectivity index (χ1v) is 15.9. The van der Waals surface area contributed by atoms with Crippen molar-refractivity contribution in [3.63, 3.8) is 0 Å². The lowest BCUT2D eigenvalue weighted by Gasteiger charge is -2.25. The van der Waals surface area contributed by atoms with Crippen molar-refractivity contribution >= 4 is 69.1 Å². The number of hydrogen-bond donors (Lipinski definition) is 0. The van der Waals surface area contributed by atoms with Crippen molar-refractivity contribution in [3.05, 3.63) is 87.1 Å². The van der Waals surface area contributed by atoms with Gasteiger partial charge in [-0.05, 0) is 83.8 Å². The monoisotopic (exact) mass is 686 g/mol. The molecule has 4 heterocycles. The minimum atomic E-state index is -5.81. The van der Waals surface area contributed by atoms with Gasteiger partial charge in [-0.1, -0.05) is 12.1 Å². The maximum atomic E-state index is 15.5. The fraction of sp³-hybridized carbons (Fsp3) is 0.200. The van der Waals surface area contributed by atoms with Crippen LogP contribution in [0.1, 0.15) is 26.4 Å². The van der Waals surface area contributed by atoms with Crippen LogP contribution in [-0.4, -0.2) is 25.6 Å². The molecule has 0 bridgehead atoms. The Labute approximate surface area is 262 Å². The van der Waals surface area contributed by atoms with Gasteiger partial charge in [0.2, 0.25) is 0 Å². The highest BCUT2D eigenvalue weighted by Crippen LogP contribution is 2.65. The van der Waals surface area contributed by atoms with Gasteiger partial charge in [0.25, 0.3) is 0 Å².